The normalized spacial score (nSPS) is 12.0. The van der Waals surface area contributed by atoms with Crippen LogP contribution < -0.4 is 10.5 Å². The van der Waals surface area contributed by atoms with Gasteiger partial charge in [0.2, 0.25) is 0 Å². The van der Waals surface area contributed by atoms with E-state index in [2.05, 4.69) is 0 Å². The summed E-state index contributed by atoms with van der Waals surface area (Å²) in [5.41, 5.74) is 6.80. The van der Waals surface area contributed by atoms with Crippen LogP contribution in [0.1, 0.15) is 12.5 Å². The third kappa shape index (κ3) is 4.44. The van der Waals surface area contributed by atoms with Gasteiger partial charge in [0.25, 0.3) is 5.91 Å². The van der Waals surface area contributed by atoms with Crippen molar-refractivity contribution in [3.63, 3.8) is 0 Å². The molecule has 4 heteroatoms. The number of hydrogen-bond donors (Lipinski definition) is 1. The number of rotatable bonds is 5. The minimum Gasteiger partial charge on any atom is -0.483 e. The monoisotopic (exact) mass is 236 g/mol. The van der Waals surface area contributed by atoms with Gasteiger partial charge in [0.05, 0.1) is 0 Å². The summed E-state index contributed by atoms with van der Waals surface area (Å²) in [5, 5.41) is 0. The molecule has 94 valence electrons. The predicted molar refractivity (Wildman–Crippen MR) is 68.0 cm³/mol. The highest BCUT2D eigenvalue weighted by Crippen LogP contribution is 2.19. The van der Waals surface area contributed by atoms with Crippen LogP contribution in [0.4, 0.5) is 0 Å². The van der Waals surface area contributed by atoms with E-state index in [1.54, 1.807) is 14.1 Å². The summed E-state index contributed by atoms with van der Waals surface area (Å²) in [5.74, 6) is 0.681. The second-order valence-corrected chi connectivity index (χ2v) is 4.37. The number of likely N-dealkylation sites (N-methyl/N-ethyl adjacent to an activating group) is 1. The Bertz CT molecular complexity index is 375. The fraction of sp³-hybridized carbons (Fsp3) is 0.462. The fourth-order valence-corrected chi connectivity index (χ4v) is 1.43. The maximum Gasteiger partial charge on any atom is 0.259 e. The second-order valence-electron chi connectivity index (χ2n) is 4.37. The Morgan fingerprint density at radius 2 is 2.06 bits per heavy atom. The molecule has 4 nitrogen and oxygen atoms in total. The minimum atomic E-state index is -0.0550. The number of nitrogens with zero attached hydrogens (tertiary/aromatic N) is 1. The largest absolute Gasteiger partial charge is 0.483 e. The molecule has 1 aromatic carbocycles. The number of carbonyl (C=O) groups excluding carboxylic acids is 1. The highest BCUT2D eigenvalue weighted by Gasteiger charge is 2.08. The van der Waals surface area contributed by atoms with Gasteiger partial charge in [0, 0.05) is 20.1 Å². The fourth-order valence-electron chi connectivity index (χ4n) is 1.43. The SMILES string of the molecule is CC(N)Cc1ccccc1OCC(=O)N(C)C. The lowest BCUT2D eigenvalue weighted by atomic mass is 10.1. The van der Waals surface area contributed by atoms with Crippen molar-refractivity contribution in [3.05, 3.63) is 29.8 Å². The predicted octanol–water partition coefficient (Wildman–Crippen LogP) is 1.04. The summed E-state index contributed by atoms with van der Waals surface area (Å²) in [6, 6.07) is 7.74. The van der Waals surface area contributed by atoms with E-state index in [1.807, 2.05) is 31.2 Å². The third-order valence-corrected chi connectivity index (χ3v) is 2.36. The van der Waals surface area contributed by atoms with Crippen molar-refractivity contribution in [1.29, 1.82) is 0 Å². The topological polar surface area (TPSA) is 55.6 Å². The van der Waals surface area contributed by atoms with E-state index < -0.39 is 0 Å². The van der Waals surface area contributed by atoms with Crippen molar-refractivity contribution in [2.75, 3.05) is 20.7 Å². The molecule has 0 aliphatic rings. The minimum absolute atomic E-state index is 0.0550. The Morgan fingerprint density at radius 3 is 2.65 bits per heavy atom. The first-order valence-corrected chi connectivity index (χ1v) is 5.67. The van der Waals surface area contributed by atoms with E-state index in [0.29, 0.717) is 0 Å². The number of benzene rings is 1. The van der Waals surface area contributed by atoms with Gasteiger partial charge in [-0.05, 0) is 25.0 Å². The standard InChI is InChI=1S/C13H20N2O2/c1-10(14)8-11-6-4-5-7-12(11)17-9-13(16)15(2)3/h4-7,10H,8-9,14H2,1-3H3. The summed E-state index contributed by atoms with van der Waals surface area (Å²) in [7, 11) is 3.42. The zero-order valence-electron chi connectivity index (χ0n) is 10.6. The zero-order valence-corrected chi connectivity index (χ0v) is 10.6. The quantitative estimate of drug-likeness (QED) is 0.831. The molecule has 0 fully saturated rings. The van der Waals surface area contributed by atoms with Gasteiger partial charge in [-0.3, -0.25) is 4.79 Å². The summed E-state index contributed by atoms with van der Waals surface area (Å²) >= 11 is 0. The van der Waals surface area contributed by atoms with Crippen molar-refractivity contribution >= 4 is 5.91 Å². The number of amides is 1. The molecule has 0 aliphatic carbocycles. The number of hydrogen-bond acceptors (Lipinski definition) is 3. The molecule has 1 aromatic rings. The summed E-state index contributed by atoms with van der Waals surface area (Å²) in [6.45, 7) is 2.00. The molecule has 1 amide bonds. The van der Waals surface area contributed by atoms with Crippen LogP contribution in [0, 0.1) is 0 Å². The van der Waals surface area contributed by atoms with Gasteiger partial charge >= 0.3 is 0 Å². The Balaban J connectivity index is 2.67. The van der Waals surface area contributed by atoms with Crippen LogP contribution in [-0.2, 0) is 11.2 Å². The Labute approximate surface area is 102 Å². The number of para-hydroxylation sites is 1. The lowest BCUT2D eigenvalue weighted by Gasteiger charge is -2.14. The van der Waals surface area contributed by atoms with Crippen LogP contribution in [0.25, 0.3) is 0 Å². The maximum atomic E-state index is 11.4. The van der Waals surface area contributed by atoms with Crippen LogP contribution in [0.15, 0.2) is 24.3 Å². The summed E-state index contributed by atoms with van der Waals surface area (Å²) in [6.07, 6.45) is 0.742. The molecule has 1 atom stereocenters. The van der Waals surface area contributed by atoms with Gasteiger partial charge in [-0.1, -0.05) is 18.2 Å². The van der Waals surface area contributed by atoms with Gasteiger partial charge in [-0.15, -0.1) is 0 Å². The molecule has 0 radical (unpaired) electrons. The van der Waals surface area contributed by atoms with E-state index in [-0.39, 0.29) is 18.6 Å². The highest BCUT2D eigenvalue weighted by molar-refractivity contribution is 5.77. The smallest absolute Gasteiger partial charge is 0.259 e. The first-order chi connectivity index (χ1) is 8.00. The van der Waals surface area contributed by atoms with Gasteiger partial charge in [-0.25, -0.2) is 0 Å². The van der Waals surface area contributed by atoms with Crippen LogP contribution >= 0.6 is 0 Å². The number of nitrogens with two attached hydrogens (primary N) is 1. The van der Waals surface area contributed by atoms with E-state index in [9.17, 15) is 4.79 Å². The van der Waals surface area contributed by atoms with E-state index >= 15 is 0 Å². The molecule has 0 aliphatic heterocycles. The van der Waals surface area contributed by atoms with Gasteiger partial charge in [0.15, 0.2) is 6.61 Å². The van der Waals surface area contributed by atoms with Gasteiger partial charge < -0.3 is 15.4 Å². The molecule has 0 saturated carbocycles. The summed E-state index contributed by atoms with van der Waals surface area (Å²) < 4.78 is 5.51. The molecular weight excluding hydrogens is 216 g/mol. The molecule has 0 spiro atoms. The van der Waals surface area contributed by atoms with Crippen molar-refractivity contribution in [2.45, 2.75) is 19.4 Å². The van der Waals surface area contributed by atoms with Crippen molar-refractivity contribution in [1.82, 2.24) is 4.90 Å². The van der Waals surface area contributed by atoms with Crippen LogP contribution in [0.5, 0.6) is 5.75 Å². The third-order valence-electron chi connectivity index (χ3n) is 2.36. The molecule has 17 heavy (non-hydrogen) atoms. The van der Waals surface area contributed by atoms with Crippen molar-refractivity contribution in [2.24, 2.45) is 5.73 Å². The van der Waals surface area contributed by atoms with Crippen molar-refractivity contribution < 1.29 is 9.53 Å². The summed E-state index contributed by atoms with van der Waals surface area (Å²) in [4.78, 5) is 12.9. The maximum absolute atomic E-state index is 11.4. The molecule has 0 saturated heterocycles. The molecule has 2 N–H and O–H groups in total. The molecule has 0 heterocycles. The average Bonchev–Trinajstić information content (AvgIpc) is 2.26. The Morgan fingerprint density at radius 1 is 1.41 bits per heavy atom. The first kappa shape index (κ1) is 13.5. The van der Waals surface area contributed by atoms with Crippen LogP contribution in [0.2, 0.25) is 0 Å². The zero-order chi connectivity index (χ0) is 12.8. The Kier molecular flexibility index (Phi) is 4.97. The van der Waals surface area contributed by atoms with E-state index in [1.165, 1.54) is 4.90 Å². The molecule has 0 aromatic heterocycles. The molecule has 0 bridgehead atoms. The highest BCUT2D eigenvalue weighted by atomic mass is 16.5. The van der Waals surface area contributed by atoms with Crippen molar-refractivity contribution in [3.8, 4) is 5.75 Å². The number of ether oxygens (including phenoxy) is 1. The lowest BCUT2D eigenvalue weighted by Crippen LogP contribution is -2.28. The Hall–Kier alpha value is -1.55. The van der Waals surface area contributed by atoms with Crippen LogP contribution in [0.3, 0.4) is 0 Å². The second kappa shape index (κ2) is 6.25. The molecule has 1 unspecified atom stereocenters. The van der Waals surface area contributed by atoms with Crippen LogP contribution in [-0.4, -0.2) is 37.6 Å². The van der Waals surface area contributed by atoms with Gasteiger partial charge in [0.1, 0.15) is 5.75 Å². The molecular formula is C13H20N2O2. The average molecular weight is 236 g/mol. The van der Waals surface area contributed by atoms with Gasteiger partial charge in [-0.2, -0.15) is 0 Å². The first-order valence-electron chi connectivity index (χ1n) is 5.67. The number of carbonyl (C=O) groups is 1. The van der Waals surface area contributed by atoms with E-state index in [0.717, 1.165) is 17.7 Å². The molecule has 1 rings (SSSR count). The lowest BCUT2D eigenvalue weighted by molar-refractivity contribution is -0.130. The van der Waals surface area contributed by atoms with E-state index in [4.69, 9.17) is 10.5 Å².